The van der Waals surface area contributed by atoms with Crippen LogP contribution in [0.2, 0.25) is 5.02 Å². The molecular formula is C18H18ClNO2. The number of fused-ring (bicyclic) bond motifs is 1. The fourth-order valence-corrected chi connectivity index (χ4v) is 2.99. The number of benzene rings is 2. The standard InChI is InChI=1S/C18H18ClNO2/c1-12-11-14-5-3-4-6-17(14)20(12)18(21)13(2)22-16-9-7-15(19)8-10-16/h3-10,12-13H,11H2,1-2H3. The van der Waals surface area contributed by atoms with Crippen LogP contribution in [-0.4, -0.2) is 18.1 Å². The lowest BCUT2D eigenvalue weighted by molar-refractivity contribution is -0.124. The van der Waals surface area contributed by atoms with Crippen molar-refractivity contribution in [3.8, 4) is 5.75 Å². The maximum Gasteiger partial charge on any atom is 0.268 e. The molecule has 114 valence electrons. The Hall–Kier alpha value is -2.00. The Kier molecular flexibility index (Phi) is 4.08. The molecule has 0 radical (unpaired) electrons. The molecule has 2 unspecified atom stereocenters. The van der Waals surface area contributed by atoms with E-state index in [0.717, 1.165) is 12.1 Å². The maximum absolute atomic E-state index is 12.8. The first-order valence-electron chi connectivity index (χ1n) is 7.39. The zero-order valence-electron chi connectivity index (χ0n) is 12.6. The molecule has 2 atom stereocenters. The minimum Gasteiger partial charge on any atom is -0.481 e. The average Bonchev–Trinajstić information content (AvgIpc) is 2.84. The highest BCUT2D eigenvalue weighted by Crippen LogP contribution is 2.32. The molecule has 0 aromatic heterocycles. The zero-order chi connectivity index (χ0) is 15.7. The van der Waals surface area contributed by atoms with E-state index in [-0.39, 0.29) is 11.9 Å². The minimum atomic E-state index is -0.546. The molecule has 2 aromatic rings. The molecule has 1 aliphatic heterocycles. The number of para-hydroxylation sites is 1. The van der Waals surface area contributed by atoms with E-state index in [0.29, 0.717) is 10.8 Å². The summed E-state index contributed by atoms with van der Waals surface area (Å²) in [5.41, 5.74) is 2.20. The first kappa shape index (κ1) is 14.9. The minimum absolute atomic E-state index is 0.0209. The van der Waals surface area contributed by atoms with Gasteiger partial charge in [-0.3, -0.25) is 4.79 Å². The summed E-state index contributed by atoms with van der Waals surface area (Å²) in [6.45, 7) is 3.84. The van der Waals surface area contributed by atoms with Crippen LogP contribution >= 0.6 is 11.6 Å². The van der Waals surface area contributed by atoms with Crippen LogP contribution in [0.4, 0.5) is 5.69 Å². The summed E-state index contributed by atoms with van der Waals surface area (Å²) in [5.74, 6) is 0.623. The third kappa shape index (κ3) is 2.81. The number of amides is 1. The van der Waals surface area contributed by atoms with E-state index in [1.165, 1.54) is 5.56 Å². The predicted molar refractivity (Wildman–Crippen MR) is 88.6 cm³/mol. The smallest absolute Gasteiger partial charge is 0.268 e. The zero-order valence-corrected chi connectivity index (χ0v) is 13.4. The van der Waals surface area contributed by atoms with Crippen molar-refractivity contribution in [2.24, 2.45) is 0 Å². The summed E-state index contributed by atoms with van der Waals surface area (Å²) >= 11 is 5.86. The van der Waals surface area contributed by atoms with Gasteiger partial charge in [-0.15, -0.1) is 0 Å². The first-order valence-corrected chi connectivity index (χ1v) is 7.77. The Morgan fingerprint density at radius 1 is 1.23 bits per heavy atom. The van der Waals surface area contributed by atoms with Crippen molar-refractivity contribution < 1.29 is 9.53 Å². The van der Waals surface area contributed by atoms with Gasteiger partial charge in [0.25, 0.3) is 5.91 Å². The lowest BCUT2D eigenvalue weighted by atomic mass is 10.1. The molecule has 3 rings (SSSR count). The van der Waals surface area contributed by atoms with Gasteiger partial charge in [-0.2, -0.15) is 0 Å². The molecule has 0 saturated carbocycles. The summed E-state index contributed by atoms with van der Waals surface area (Å²) in [4.78, 5) is 14.6. The molecule has 1 aliphatic rings. The Bertz CT molecular complexity index is 684. The number of halogens is 1. The van der Waals surface area contributed by atoms with Crippen LogP contribution in [0.3, 0.4) is 0 Å². The molecule has 0 fully saturated rings. The number of hydrogen-bond acceptors (Lipinski definition) is 2. The molecule has 0 spiro atoms. The molecular weight excluding hydrogens is 298 g/mol. The van der Waals surface area contributed by atoms with Crippen molar-refractivity contribution in [2.45, 2.75) is 32.4 Å². The van der Waals surface area contributed by atoms with E-state index >= 15 is 0 Å². The van der Waals surface area contributed by atoms with Gasteiger partial charge < -0.3 is 9.64 Å². The monoisotopic (exact) mass is 315 g/mol. The van der Waals surface area contributed by atoms with Gasteiger partial charge in [-0.1, -0.05) is 29.8 Å². The van der Waals surface area contributed by atoms with Gasteiger partial charge in [-0.05, 0) is 56.2 Å². The van der Waals surface area contributed by atoms with Crippen molar-refractivity contribution in [1.29, 1.82) is 0 Å². The third-order valence-corrected chi connectivity index (χ3v) is 4.17. The summed E-state index contributed by atoms with van der Waals surface area (Å²) in [6.07, 6.45) is 0.338. The van der Waals surface area contributed by atoms with Gasteiger partial charge in [0.2, 0.25) is 0 Å². The van der Waals surface area contributed by atoms with Crippen molar-refractivity contribution in [2.75, 3.05) is 4.90 Å². The summed E-state index contributed by atoms with van der Waals surface area (Å²) in [7, 11) is 0. The number of carbonyl (C=O) groups excluding carboxylic acids is 1. The number of ether oxygens (including phenoxy) is 1. The van der Waals surface area contributed by atoms with Crippen molar-refractivity contribution in [3.05, 3.63) is 59.1 Å². The fraction of sp³-hybridized carbons (Fsp3) is 0.278. The quantitative estimate of drug-likeness (QED) is 0.854. The van der Waals surface area contributed by atoms with Gasteiger partial charge in [0.05, 0.1) is 0 Å². The number of nitrogens with zero attached hydrogens (tertiary/aromatic N) is 1. The van der Waals surface area contributed by atoms with Crippen LogP contribution in [0.25, 0.3) is 0 Å². The largest absolute Gasteiger partial charge is 0.481 e. The Morgan fingerprint density at radius 3 is 2.64 bits per heavy atom. The van der Waals surface area contributed by atoms with E-state index in [1.54, 1.807) is 31.2 Å². The predicted octanol–water partition coefficient (Wildman–Crippen LogP) is 4.09. The van der Waals surface area contributed by atoms with Crippen molar-refractivity contribution >= 4 is 23.2 Å². The highest BCUT2D eigenvalue weighted by atomic mass is 35.5. The maximum atomic E-state index is 12.8. The Labute approximate surface area is 135 Å². The van der Waals surface area contributed by atoms with E-state index in [2.05, 4.69) is 13.0 Å². The highest BCUT2D eigenvalue weighted by Gasteiger charge is 2.33. The first-order chi connectivity index (χ1) is 10.6. The number of rotatable bonds is 3. The number of carbonyl (C=O) groups is 1. The molecule has 2 aromatic carbocycles. The van der Waals surface area contributed by atoms with Gasteiger partial charge >= 0.3 is 0 Å². The lowest BCUT2D eigenvalue weighted by Crippen LogP contribution is -2.43. The van der Waals surface area contributed by atoms with E-state index < -0.39 is 6.10 Å². The van der Waals surface area contributed by atoms with Crippen LogP contribution in [0.5, 0.6) is 5.75 Å². The van der Waals surface area contributed by atoms with Gasteiger partial charge in [0.1, 0.15) is 5.75 Å². The van der Waals surface area contributed by atoms with E-state index in [4.69, 9.17) is 16.3 Å². The van der Waals surface area contributed by atoms with Crippen LogP contribution in [0.15, 0.2) is 48.5 Å². The van der Waals surface area contributed by atoms with Crippen LogP contribution < -0.4 is 9.64 Å². The van der Waals surface area contributed by atoms with E-state index in [9.17, 15) is 4.79 Å². The molecule has 1 amide bonds. The molecule has 0 saturated heterocycles. The number of hydrogen-bond donors (Lipinski definition) is 0. The summed E-state index contributed by atoms with van der Waals surface area (Å²) in [6, 6.07) is 15.2. The summed E-state index contributed by atoms with van der Waals surface area (Å²) < 4.78 is 5.76. The molecule has 0 N–H and O–H groups in total. The van der Waals surface area contributed by atoms with Crippen molar-refractivity contribution in [3.63, 3.8) is 0 Å². The average molecular weight is 316 g/mol. The molecule has 1 heterocycles. The number of anilines is 1. The topological polar surface area (TPSA) is 29.5 Å². The highest BCUT2D eigenvalue weighted by molar-refractivity contribution is 6.30. The van der Waals surface area contributed by atoms with Crippen LogP contribution in [0, 0.1) is 0 Å². The molecule has 22 heavy (non-hydrogen) atoms. The molecule has 4 heteroatoms. The fourth-order valence-electron chi connectivity index (χ4n) is 2.86. The van der Waals surface area contributed by atoms with Crippen LogP contribution in [-0.2, 0) is 11.2 Å². The third-order valence-electron chi connectivity index (χ3n) is 3.92. The second-order valence-electron chi connectivity index (χ2n) is 5.60. The molecule has 0 aliphatic carbocycles. The van der Waals surface area contributed by atoms with Crippen LogP contribution in [0.1, 0.15) is 19.4 Å². The Balaban J connectivity index is 1.77. The van der Waals surface area contributed by atoms with Gasteiger partial charge in [-0.25, -0.2) is 0 Å². The van der Waals surface area contributed by atoms with E-state index in [1.807, 2.05) is 23.1 Å². The van der Waals surface area contributed by atoms with Gasteiger partial charge in [0, 0.05) is 16.8 Å². The lowest BCUT2D eigenvalue weighted by Gasteiger charge is -2.26. The molecule has 0 bridgehead atoms. The second kappa shape index (κ2) is 6.01. The molecule has 3 nitrogen and oxygen atoms in total. The SMILES string of the molecule is CC(Oc1ccc(Cl)cc1)C(=O)N1c2ccccc2CC1C. The Morgan fingerprint density at radius 2 is 1.91 bits per heavy atom. The second-order valence-corrected chi connectivity index (χ2v) is 6.04. The summed E-state index contributed by atoms with van der Waals surface area (Å²) in [5, 5.41) is 0.647. The van der Waals surface area contributed by atoms with Crippen molar-refractivity contribution in [1.82, 2.24) is 0 Å². The normalized spacial score (nSPS) is 18.0. The van der Waals surface area contributed by atoms with Gasteiger partial charge in [0.15, 0.2) is 6.10 Å².